The third-order valence-electron chi connectivity index (χ3n) is 1.70. The first-order valence-corrected chi connectivity index (χ1v) is 4.46. The van der Waals surface area contributed by atoms with Gasteiger partial charge in [0.15, 0.2) is 0 Å². The Bertz CT molecular complexity index is 430. The quantitative estimate of drug-likeness (QED) is 0.617. The number of hydrogen-bond donors (Lipinski definition) is 0. The second-order valence-electron chi connectivity index (χ2n) is 2.88. The van der Waals surface area contributed by atoms with Gasteiger partial charge in [0.05, 0.1) is 5.56 Å². The first kappa shape index (κ1) is 13.7. The van der Waals surface area contributed by atoms with Crippen LogP contribution in [0, 0.1) is 0 Å². The molecule has 0 amide bonds. The maximum Gasteiger partial charge on any atom is 0.573 e. The van der Waals surface area contributed by atoms with Crippen molar-refractivity contribution in [1.82, 2.24) is 0 Å². The van der Waals surface area contributed by atoms with E-state index >= 15 is 0 Å². The molecule has 0 aliphatic carbocycles. The van der Waals surface area contributed by atoms with E-state index in [0.717, 1.165) is 12.1 Å². The third-order valence-corrected chi connectivity index (χ3v) is 1.90. The maximum absolute atomic E-state index is 12.3. The van der Waals surface area contributed by atoms with Crippen molar-refractivity contribution in [2.45, 2.75) is 12.8 Å². The van der Waals surface area contributed by atoms with E-state index in [9.17, 15) is 26.7 Å². The topological polar surface area (TPSA) is 26.3 Å². The van der Waals surface area contributed by atoms with Crippen LogP contribution < -0.4 is 4.74 Å². The lowest BCUT2D eigenvalue weighted by Crippen LogP contribution is -2.18. The molecule has 0 bridgehead atoms. The zero-order valence-corrected chi connectivity index (χ0v) is 8.65. The average Bonchev–Trinajstić information content (AvgIpc) is 2.14. The number of alkyl halides is 5. The van der Waals surface area contributed by atoms with Crippen molar-refractivity contribution in [1.29, 1.82) is 0 Å². The second-order valence-corrected chi connectivity index (χ2v) is 3.22. The number of carbonyl (C=O) groups is 1. The molecule has 0 saturated heterocycles. The molecule has 1 aromatic carbocycles. The molecule has 17 heavy (non-hydrogen) atoms. The Hall–Kier alpha value is -1.37. The van der Waals surface area contributed by atoms with Crippen LogP contribution in [-0.4, -0.2) is 11.6 Å². The van der Waals surface area contributed by atoms with Gasteiger partial charge in [-0.15, -0.1) is 13.2 Å². The lowest BCUT2D eigenvalue weighted by molar-refractivity contribution is -0.274. The molecule has 94 valence electrons. The summed E-state index contributed by atoms with van der Waals surface area (Å²) in [5.41, 5.74) is -1.33. The highest BCUT2D eigenvalue weighted by Crippen LogP contribution is 2.31. The van der Waals surface area contributed by atoms with Gasteiger partial charge in [-0.3, -0.25) is 4.79 Å². The minimum absolute atomic E-state index is 0.424. The molecule has 0 unspecified atom stereocenters. The zero-order chi connectivity index (χ0) is 13.2. The zero-order valence-electron chi connectivity index (χ0n) is 7.89. The Kier molecular flexibility index (Phi) is 3.92. The Labute approximate surface area is 96.9 Å². The van der Waals surface area contributed by atoms with Crippen LogP contribution in [-0.2, 0) is 0 Å². The van der Waals surface area contributed by atoms with Gasteiger partial charge < -0.3 is 4.74 Å². The highest BCUT2D eigenvalue weighted by Gasteiger charge is 2.33. The van der Waals surface area contributed by atoms with Gasteiger partial charge in [-0.05, 0) is 23.7 Å². The van der Waals surface area contributed by atoms with Gasteiger partial charge in [0.2, 0.25) is 0 Å². The summed E-state index contributed by atoms with van der Waals surface area (Å²) < 4.78 is 63.8. The van der Waals surface area contributed by atoms with E-state index in [4.69, 9.17) is 11.6 Å². The summed E-state index contributed by atoms with van der Waals surface area (Å²) >= 11 is 5.00. The van der Waals surface area contributed by atoms with Crippen LogP contribution in [0.4, 0.5) is 22.0 Å². The van der Waals surface area contributed by atoms with Gasteiger partial charge in [0.1, 0.15) is 5.75 Å². The fourth-order valence-electron chi connectivity index (χ4n) is 1.05. The minimum atomic E-state index is -5.10. The lowest BCUT2D eigenvalue weighted by atomic mass is 10.1. The molecule has 0 heterocycles. The molecule has 0 fully saturated rings. The van der Waals surface area contributed by atoms with E-state index in [1.165, 1.54) is 0 Å². The van der Waals surface area contributed by atoms with Crippen LogP contribution in [0.15, 0.2) is 18.2 Å². The van der Waals surface area contributed by atoms with Crippen molar-refractivity contribution in [3.63, 3.8) is 0 Å². The monoisotopic (exact) mass is 274 g/mol. The van der Waals surface area contributed by atoms with Gasteiger partial charge in [-0.25, -0.2) is 8.78 Å². The van der Waals surface area contributed by atoms with Crippen molar-refractivity contribution in [2.75, 3.05) is 0 Å². The van der Waals surface area contributed by atoms with Crippen molar-refractivity contribution in [2.24, 2.45) is 0 Å². The lowest BCUT2D eigenvalue weighted by Gasteiger charge is -2.12. The Morgan fingerprint density at radius 1 is 1.29 bits per heavy atom. The summed E-state index contributed by atoms with van der Waals surface area (Å²) in [6.45, 7) is 0. The van der Waals surface area contributed by atoms with E-state index in [1.807, 2.05) is 0 Å². The third kappa shape index (κ3) is 3.85. The number of rotatable bonds is 3. The molecule has 8 heteroatoms. The fourth-order valence-corrected chi connectivity index (χ4v) is 1.20. The minimum Gasteiger partial charge on any atom is -0.405 e. The summed E-state index contributed by atoms with van der Waals surface area (Å²) in [6.07, 6.45) is -8.08. The number of hydrogen-bond acceptors (Lipinski definition) is 2. The van der Waals surface area contributed by atoms with E-state index < -0.39 is 34.9 Å². The van der Waals surface area contributed by atoms with Crippen molar-refractivity contribution in [3.05, 3.63) is 29.3 Å². The molecule has 0 N–H and O–H groups in total. The van der Waals surface area contributed by atoms with Gasteiger partial charge in [-0.1, -0.05) is 6.07 Å². The molecule has 0 radical (unpaired) electrons. The van der Waals surface area contributed by atoms with Crippen molar-refractivity contribution >= 4 is 16.8 Å². The smallest absolute Gasteiger partial charge is 0.405 e. The number of benzene rings is 1. The predicted molar refractivity (Wildman–Crippen MR) is 48.3 cm³/mol. The molecule has 0 saturated carbocycles. The summed E-state index contributed by atoms with van der Waals surface area (Å²) in [6, 6.07) is 1.97. The van der Waals surface area contributed by atoms with Crippen LogP contribution in [0.3, 0.4) is 0 Å². The van der Waals surface area contributed by atoms with Crippen LogP contribution >= 0.6 is 11.6 Å². The summed E-state index contributed by atoms with van der Waals surface area (Å²) in [4.78, 5) is 10.8. The van der Waals surface area contributed by atoms with Gasteiger partial charge >= 0.3 is 6.36 Å². The van der Waals surface area contributed by atoms with Crippen LogP contribution in [0.1, 0.15) is 22.3 Å². The molecular formula is C9H4ClF5O2. The van der Waals surface area contributed by atoms with Gasteiger partial charge in [0.25, 0.3) is 11.7 Å². The van der Waals surface area contributed by atoms with Crippen LogP contribution in [0.5, 0.6) is 5.75 Å². The Morgan fingerprint density at radius 2 is 1.88 bits per heavy atom. The number of carbonyl (C=O) groups excluding carboxylic acids is 1. The Balaban J connectivity index is 3.21. The molecule has 1 rings (SSSR count). The second kappa shape index (κ2) is 4.87. The van der Waals surface area contributed by atoms with Gasteiger partial charge in [-0.2, -0.15) is 0 Å². The molecule has 0 atom stereocenters. The van der Waals surface area contributed by atoms with E-state index in [-0.39, 0.29) is 0 Å². The fraction of sp³-hybridized carbons (Fsp3) is 0.222. The molecular weight excluding hydrogens is 271 g/mol. The largest absolute Gasteiger partial charge is 0.573 e. The first-order valence-electron chi connectivity index (χ1n) is 4.08. The first-order chi connectivity index (χ1) is 7.70. The highest BCUT2D eigenvalue weighted by molar-refractivity contribution is 6.68. The van der Waals surface area contributed by atoms with E-state index in [0.29, 0.717) is 6.07 Å². The standard InChI is InChI=1S/C9H4ClF5O2/c10-7(16)5-2-1-4(8(11)12)3-6(5)17-9(13,14)15/h1-3,8H. The average molecular weight is 275 g/mol. The number of ether oxygens (including phenoxy) is 1. The summed E-state index contributed by atoms with van der Waals surface area (Å²) in [5, 5.41) is -1.23. The summed E-state index contributed by atoms with van der Waals surface area (Å²) in [7, 11) is 0. The predicted octanol–water partition coefficient (Wildman–Crippen LogP) is 3.90. The molecule has 0 aliphatic heterocycles. The van der Waals surface area contributed by atoms with Crippen LogP contribution in [0.2, 0.25) is 0 Å². The van der Waals surface area contributed by atoms with E-state index in [2.05, 4.69) is 4.74 Å². The number of halogens is 6. The molecule has 2 nitrogen and oxygen atoms in total. The molecule has 0 aromatic heterocycles. The Morgan fingerprint density at radius 3 is 2.29 bits per heavy atom. The van der Waals surface area contributed by atoms with E-state index in [1.54, 1.807) is 0 Å². The SMILES string of the molecule is O=C(Cl)c1ccc(C(F)F)cc1OC(F)(F)F. The van der Waals surface area contributed by atoms with Crippen molar-refractivity contribution < 1.29 is 31.5 Å². The van der Waals surface area contributed by atoms with Gasteiger partial charge in [0, 0.05) is 5.56 Å². The highest BCUT2D eigenvalue weighted by atomic mass is 35.5. The molecule has 0 spiro atoms. The molecule has 0 aliphatic rings. The summed E-state index contributed by atoms with van der Waals surface area (Å²) in [5.74, 6) is -1.05. The van der Waals surface area contributed by atoms with Crippen LogP contribution in [0.25, 0.3) is 0 Å². The molecule has 1 aromatic rings. The maximum atomic E-state index is 12.3. The normalized spacial score (nSPS) is 11.7. The van der Waals surface area contributed by atoms with Crippen molar-refractivity contribution in [3.8, 4) is 5.75 Å².